The number of piperidine rings is 1. The minimum atomic E-state index is -0.226. The maximum atomic E-state index is 13.0. The second-order valence-corrected chi connectivity index (χ2v) is 7.71. The van der Waals surface area contributed by atoms with Crippen LogP contribution in [0.25, 0.3) is 0 Å². The standard InChI is InChI=1S/C22H26N2O3/c1-15(2)27-20-10-9-19(23-16(20)3)21(25)24-12-11-22(18(13-24)14-26-22)17-7-5-4-6-8-17/h4-10,15,18H,11-14H2,1-3H3. The molecule has 0 bridgehead atoms. The van der Waals surface area contributed by atoms with Gasteiger partial charge in [-0.1, -0.05) is 30.3 Å². The molecule has 2 aliphatic rings. The number of hydrogen-bond donors (Lipinski definition) is 0. The van der Waals surface area contributed by atoms with Crippen molar-refractivity contribution in [3.8, 4) is 5.75 Å². The molecule has 2 atom stereocenters. The van der Waals surface area contributed by atoms with Crippen molar-refractivity contribution in [2.24, 2.45) is 5.92 Å². The number of carbonyl (C=O) groups excluding carboxylic acids is 1. The average Bonchev–Trinajstić information content (AvgIpc) is 2.64. The van der Waals surface area contributed by atoms with E-state index >= 15 is 0 Å². The van der Waals surface area contributed by atoms with Gasteiger partial charge in [-0.25, -0.2) is 4.98 Å². The van der Waals surface area contributed by atoms with E-state index in [-0.39, 0.29) is 17.6 Å². The average molecular weight is 366 g/mol. The number of rotatable bonds is 4. The Balaban J connectivity index is 1.48. The van der Waals surface area contributed by atoms with Crippen molar-refractivity contribution < 1.29 is 14.3 Å². The molecule has 142 valence electrons. The van der Waals surface area contributed by atoms with Crippen LogP contribution >= 0.6 is 0 Å². The fourth-order valence-electron chi connectivity index (χ4n) is 4.11. The van der Waals surface area contributed by atoms with E-state index in [9.17, 15) is 4.79 Å². The minimum Gasteiger partial charge on any atom is -0.489 e. The SMILES string of the molecule is Cc1nc(C(=O)N2CCC3(c4ccccc4)OCC3C2)ccc1OC(C)C. The Bertz CT molecular complexity index is 837. The lowest BCUT2D eigenvalue weighted by molar-refractivity contribution is -0.235. The Hall–Kier alpha value is -2.40. The quantitative estimate of drug-likeness (QED) is 0.830. The maximum Gasteiger partial charge on any atom is 0.272 e. The molecule has 2 saturated heterocycles. The van der Waals surface area contributed by atoms with Crippen molar-refractivity contribution in [1.29, 1.82) is 0 Å². The van der Waals surface area contributed by atoms with E-state index in [2.05, 4.69) is 17.1 Å². The molecule has 0 saturated carbocycles. The van der Waals surface area contributed by atoms with Crippen molar-refractivity contribution in [2.75, 3.05) is 19.7 Å². The first kappa shape index (κ1) is 18.0. The Kier molecular flexibility index (Phi) is 4.64. The van der Waals surface area contributed by atoms with Crippen LogP contribution in [0.5, 0.6) is 5.75 Å². The van der Waals surface area contributed by atoms with Crippen molar-refractivity contribution >= 4 is 5.91 Å². The summed E-state index contributed by atoms with van der Waals surface area (Å²) in [6, 6.07) is 14.0. The molecule has 0 radical (unpaired) electrons. The molecule has 3 heterocycles. The molecular weight excluding hydrogens is 340 g/mol. The highest BCUT2D eigenvalue weighted by molar-refractivity contribution is 5.92. The second-order valence-electron chi connectivity index (χ2n) is 7.71. The van der Waals surface area contributed by atoms with Gasteiger partial charge in [-0.15, -0.1) is 0 Å². The van der Waals surface area contributed by atoms with E-state index in [0.29, 0.717) is 31.3 Å². The van der Waals surface area contributed by atoms with Gasteiger partial charge >= 0.3 is 0 Å². The fraction of sp³-hybridized carbons (Fsp3) is 0.455. The molecule has 2 fully saturated rings. The van der Waals surface area contributed by atoms with Gasteiger partial charge in [0, 0.05) is 19.0 Å². The summed E-state index contributed by atoms with van der Waals surface area (Å²) in [7, 11) is 0. The Morgan fingerprint density at radius 2 is 2.04 bits per heavy atom. The summed E-state index contributed by atoms with van der Waals surface area (Å²) in [6.45, 7) is 7.92. The monoisotopic (exact) mass is 366 g/mol. The number of carbonyl (C=O) groups is 1. The third kappa shape index (κ3) is 3.21. The number of nitrogens with zero attached hydrogens (tertiary/aromatic N) is 2. The van der Waals surface area contributed by atoms with Gasteiger partial charge in [0.25, 0.3) is 5.91 Å². The van der Waals surface area contributed by atoms with E-state index in [1.807, 2.05) is 49.9 Å². The normalized spacial score (nSPS) is 24.3. The summed E-state index contributed by atoms with van der Waals surface area (Å²) in [4.78, 5) is 19.4. The summed E-state index contributed by atoms with van der Waals surface area (Å²) in [5.41, 5.74) is 2.22. The molecule has 0 aliphatic carbocycles. The van der Waals surface area contributed by atoms with Gasteiger partial charge in [0.15, 0.2) is 0 Å². The predicted octanol–water partition coefficient (Wildman–Crippen LogP) is 3.57. The van der Waals surface area contributed by atoms with Gasteiger partial charge in [0.1, 0.15) is 17.0 Å². The zero-order chi connectivity index (χ0) is 19.0. The lowest BCUT2D eigenvalue weighted by Gasteiger charge is -2.55. The van der Waals surface area contributed by atoms with Crippen LogP contribution < -0.4 is 4.74 Å². The third-order valence-electron chi connectivity index (χ3n) is 5.56. The molecule has 1 aromatic heterocycles. The van der Waals surface area contributed by atoms with E-state index < -0.39 is 0 Å². The number of benzene rings is 1. The van der Waals surface area contributed by atoms with E-state index in [1.54, 1.807) is 6.07 Å². The Morgan fingerprint density at radius 1 is 1.26 bits per heavy atom. The highest BCUT2D eigenvalue weighted by atomic mass is 16.5. The lowest BCUT2D eigenvalue weighted by atomic mass is 9.72. The molecule has 27 heavy (non-hydrogen) atoms. The largest absolute Gasteiger partial charge is 0.489 e. The summed E-state index contributed by atoms with van der Waals surface area (Å²) in [5, 5.41) is 0. The zero-order valence-electron chi connectivity index (χ0n) is 16.1. The van der Waals surface area contributed by atoms with Gasteiger partial charge < -0.3 is 14.4 Å². The molecular formula is C22H26N2O3. The molecule has 5 nitrogen and oxygen atoms in total. The smallest absolute Gasteiger partial charge is 0.272 e. The number of pyridine rings is 1. The summed E-state index contributed by atoms with van der Waals surface area (Å²) in [5.74, 6) is 1.06. The van der Waals surface area contributed by atoms with Crippen molar-refractivity contribution in [1.82, 2.24) is 9.88 Å². The summed E-state index contributed by atoms with van der Waals surface area (Å²) >= 11 is 0. The van der Waals surface area contributed by atoms with Crippen LogP contribution in [0, 0.1) is 12.8 Å². The predicted molar refractivity (Wildman–Crippen MR) is 103 cm³/mol. The molecule has 1 amide bonds. The molecule has 5 heteroatoms. The highest BCUT2D eigenvalue weighted by Crippen LogP contribution is 2.48. The van der Waals surface area contributed by atoms with Gasteiger partial charge in [0.2, 0.25) is 0 Å². The number of aryl methyl sites for hydroxylation is 1. The van der Waals surface area contributed by atoms with Crippen LogP contribution in [0.3, 0.4) is 0 Å². The van der Waals surface area contributed by atoms with Crippen LogP contribution in [0.2, 0.25) is 0 Å². The van der Waals surface area contributed by atoms with Crippen molar-refractivity contribution in [2.45, 2.75) is 38.9 Å². The van der Waals surface area contributed by atoms with E-state index in [4.69, 9.17) is 9.47 Å². The van der Waals surface area contributed by atoms with Crippen LogP contribution in [-0.2, 0) is 10.3 Å². The topological polar surface area (TPSA) is 51.7 Å². The minimum absolute atomic E-state index is 0.0113. The van der Waals surface area contributed by atoms with Crippen molar-refractivity contribution in [3.63, 3.8) is 0 Å². The Morgan fingerprint density at radius 3 is 2.63 bits per heavy atom. The Labute approximate surface area is 160 Å². The van der Waals surface area contributed by atoms with Crippen LogP contribution in [0.4, 0.5) is 0 Å². The van der Waals surface area contributed by atoms with E-state index in [1.165, 1.54) is 5.56 Å². The molecule has 2 aromatic rings. The first-order valence-corrected chi connectivity index (χ1v) is 9.62. The maximum absolute atomic E-state index is 13.0. The van der Waals surface area contributed by atoms with Gasteiger partial charge in [-0.05, 0) is 44.9 Å². The molecule has 2 unspecified atom stereocenters. The van der Waals surface area contributed by atoms with Crippen molar-refractivity contribution in [3.05, 3.63) is 59.4 Å². The molecule has 4 rings (SSSR count). The zero-order valence-corrected chi connectivity index (χ0v) is 16.1. The van der Waals surface area contributed by atoms with E-state index in [0.717, 1.165) is 17.9 Å². The number of ether oxygens (including phenoxy) is 2. The number of amides is 1. The fourth-order valence-corrected chi connectivity index (χ4v) is 4.11. The molecule has 2 aliphatic heterocycles. The van der Waals surface area contributed by atoms with Gasteiger partial charge in [-0.2, -0.15) is 0 Å². The number of likely N-dealkylation sites (tertiary alicyclic amines) is 1. The van der Waals surface area contributed by atoms with Gasteiger partial charge in [-0.3, -0.25) is 4.79 Å². The van der Waals surface area contributed by atoms with Crippen LogP contribution in [-0.4, -0.2) is 41.6 Å². The van der Waals surface area contributed by atoms with Crippen LogP contribution in [0.15, 0.2) is 42.5 Å². The molecule has 0 spiro atoms. The number of hydrogen-bond acceptors (Lipinski definition) is 4. The highest BCUT2D eigenvalue weighted by Gasteiger charge is 2.53. The van der Waals surface area contributed by atoms with Gasteiger partial charge in [0.05, 0.1) is 18.4 Å². The summed E-state index contributed by atoms with van der Waals surface area (Å²) < 4.78 is 11.8. The number of aromatic nitrogens is 1. The lowest BCUT2D eigenvalue weighted by Crippen LogP contribution is -2.61. The molecule has 0 N–H and O–H groups in total. The molecule has 1 aromatic carbocycles. The summed E-state index contributed by atoms with van der Waals surface area (Å²) in [6.07, 6.45) is 0.903. The number of fused-ring (bicyclic) bond motifs is 1. The second kappa shape index (κ2) is 6.97. The third-order valence-corrected chi connectivity index (χ3v) is 5.56. The first-order valence-electron chi connectivity index (χ1n) is 9.62. The van der Waals surface area contributed by atoms with Crippen LogP contribution in [0.1, 0.15) is 42.0 Å². The first-order chi connectivity index (χ1) is 13.0.